The number of phosphoric ester groups is 1. The molecular formula is C39H75O12P. The maximum Gasteiger partial charge on any atom is 0.472 e. The van der Waals surface area contributed by atoms with E-state index in [1.165, 1.54) is 89.9 Å². The van der Waals surface area contributed by atoms with Crippen LogP contribution in [0.15, 0.2) is 12.2 Å². The van der Waals surface area contributed by atoms with E-state index in [0.29, 0.717) is 13.0 Å². The topological polar surface area (TPSA) is 192 Å². The van der Waals surface area contributed by atoms with Gasteiger partial charge in [0.1, 0.15) is 42.7 Å². The van der Waals surface area contributed by atoms with E-state index in [9.17, 15) is 39.8 Å². The standard InChI is InChI=1S/C39H75O12P/c1-3-5-7-9-11-13-15-16-17-19-21-23-25-27-29-48-30-32(50-33(40)28-26-24-22-20-18-14-12-10-8-6-4-2)31-49-52(46,47)51-39-37(44)35(42)34(41)36(43)38(39)45/h13,15,32,34-39,41-45H,3-12,14,16-31H2,1-2H3,(H,46,47)/b15-13-. The third-order valence-corrected chi connectivity index (χ3v) is 10.6. The molecule has 1 aliphatic carbocycles. The van der Waals surface area contributed by atoms with Crippen molar-refractivity contribution in [2.75, 3.05) is 19.8 Å². The Morgan fingerprint density at radius 1 is 0.596 bits per heavy atom. The summed E-state index contributed by atoms with van der Waals surface area (Å²) in [5.41, 5.74) is 0. The number of carbonyl (C=O) groups excluding carboxylic acids is 1. The molecule has 6 atom stereocenters. The Morgan fingerprint density at radius 2 is 1.02 bits per heavy atom. The van der Waals surface area contributed by atoms with Crippen molar-refractivity contribution in [2.24, 2.45) is 0 Å². The molecule has 52 heavy (non-hydrogen) atoms. The van der Waals surface area contributed by atoms with Crippen molar-refractivity contribution in [1.29, 1.82) is 0 Å². The van der Waals surface area contributed by atoms with Crippen LogP contribution in [0.2, 0.25) is 0 Å². The molecule has 12 nitrogen and oxygen atoms in total. The lowest BCUT2D eigenvalue weighted by Gasteiger charge is -2.41. The average molecular weight is 767 g/mol. The number of rotatable bonds is 34. The number of hydrogen-bond donors (Lipinski definition) is 6. The molecule has 0 bridgehead atoms. The van der Waals surface area contributed by atoms with Gasteiger partial charge < -0.3 is 39.9 Å². The van der Waals surface area contributed by atoms with Gasteiger partial charge in [-0.1, -0.05) is 135 Å². The molecule has 0 aromatic heterocycles. The molecule has 0 saturated heterocycles. The van der Waals surface area contributed by atoms with Crippen LogP contribution in [0.1, 0.15) is 168 Å². The fourth-order valence-corrected chi connectivity index (χ4v) is 7.26. The van der Waals surface area contributed by atoms with Crippen LogP contribution in [0, 0.1) is 0 Å². The monoisotopic (exact) mass is 766 g/mol. The number of ether oxygens (including phenoxy) is 2. The molecule has 6 unspecified atom stereocenters. The van der Waals surface area contributed by atoms with Crippen molar-refractivity contribution >= 4 is 13.8 Å². The predicted molar refractivity (Wildman–Crippen MR) is 203 cm³/mol. The quantitative estimate of drug-likeness (QED) is 0.0167. The Labute approximate surface area is 314 Å². The van der Waals surface area contributed by atoms with Crippen LogP contribution in [0.25, 0.3) is 0 Å². The van der Waals surface area contributed by atoms with Crippen LogP contribution in [0.3, 0.4) is 0 Å². The molecule has 0 aliphatic heterocycles. The van der Waals surface area contributed by atoms with Crippen molar-refractivity contribution in [1.82, 2.24) is 0 Å². The van der Waals surface area contributed by atoms with Gasteiger partial charge in [0, 0.05) is 13.0 Å². The van der Waals surface area contributed by atoms with E-state index >= 15 is 0 Å². The first-order valence-electron chi connectivity index (χ1n) is 20.5. The van der Waals surface area contributed by atoms with Gasteiger partial charge in [-0.3, -0.25) is 13.8 Å². The normalized spacial score (nSPS) is 23.9. The summed E-state index contributed by atoms with van der Waals surface area (Å²) in [5, 5.41) is 50.0. The lowest BCUT2D eigenvalue weighted by Crippen LogP contribution is -2.64. The number of carbonyl (C=O) groups is 1. The predicted octanol–water partition coefficient (Wildman–Crippen LogP) is 7.19. The molecule has 13 heteroatoms. The molecule has 1 aliphatic rings. The highest BCUT2D eigenvalue weighted by molar-refractivity contribution is 7.47. The Hall–Kier alpha value is -0.920. The van der Waals surface area contributed by atoms with Gasteiger partial charge in [-0.25, -0.2) is 4.57 Å². The summed E-state index contributed by atoms with van der Waals surface area (Å²) >= 11 is 0. The number of unbranched alkanes of at least 4 members (excludes halogenated alkanes) is 20. The van der Waals surface area contributed by atoms with E-state index < -0.39 is 63.1 Å². The van der Waals surface area contributed by atoms with Crippen molar-refractivity contribution < 1.29 is 58.3 Å². The van der Waals surface area contributed by atoms with Crippen molar-refractivity contribution in [2.45, 2.75) is 211 Å². The van der Waals surface area contributed by atoms with E-state index in [2.05, 4.69) is 26.0 Å². The van der Waals surface area contributed by atoms with Crippen LogP contribution < -0.4 is 0 Å². The number of aliphatic hydroxyl groups is 5. The maximum atomic E-state index is 12.7. The van der Waals surface area contributed by atoms with Crippen molar-refractivity contribution in [3.63, 3.8) is 0 Å². The molecule has 1 rings (SSSR count). The number of hydrogen-bond acceptors (Lipinski definition) is 11. The van der Waals surface area contributed by atoms with Gasteiger partial charge in [0.15, 0.2) is 0 Å². The van der Waals surface area contributed by atoms with Gasteiger partial charge in [-0.15, -0.1) is 0 Å². The molecule has 1 saturated carbocycles. The number of allylic oxidation sites excluding steroid dienone is 2. The number of esters is 1. The zero-order chi connectivity index (χ0) is 38.5. The summed E-state index contributed by atoms with van der Waals surface area (Å²) in [6, 6.07) is 0. The second kappa shape index (κ2) is 31.3. The molecule has 6 N–H and O–H groups in total. The average Bonchev–Trinajstić information content (AvgIpc) is 3.12. The van der Waals surface area contributed by atoms with Gasteiger partial charge in [-0.05, 0) is 38.5 Å². The second-order valence-corrected chi connectivity index (χ2v) is 15.9. The highest BCUT2D eigenvalue weighted by Gasteiger charge is 2.51. The van der Waals surface area contributed by atoms with Gasteiger partial charge in [-0.2, -0.15) is 0 Å². The number of phosphoric acid groups is 1. The Morgan fingerprint density at radius 3 is 1.54 bits per heavy atom. The summed E-state index contributed by atoms with van der Waals surface area (Å²) in [4.78, 5) is 23.0. The van der Waals surface area contributed by atoms with Crippen LogP contribution in [0.5, 0.6) is 0 Å². The molecule has 0 radical (unpaired) electrons. The van der Waals surface area contributed by atoms with E-state index in [-0.39, 0.29) is 13.0 Å². The molecule has 0 aromatic carbocycles. The van der Waals surface area contributed by atoms with Gasteiger partial charge in [0.25, 0.3) is 0 Å². The zero-order valence-corrected chi connectivity index (χ0v) is 33.3. The molecule has 0 amide bonds. The van der Waals surface area contributed by atoms with Crippen LogP contribution in [-0.2, 0) is 27.9 Å². The summed E-state index contributed by atoms with van der Waals surface area (Å²) in [6.45, 7) is 4.21. The summed E-state index contributed by atoms with van der Waals surface area (Å²) in [6.07, 6.45) is 18.6. The van der Waals surface area contributed by atoms with Crippen molar-refractivity contribution in [3.05, 3.63) is 12.2 Å². The third-order valence-electron chi connectivity index (χ3n) is 9.64. The highest BCUT2D eigenvalue weighted by atomic mass is 31.2. The van der Waals surface area contributed by atoms with Crippen LogP contribution in [-0.4, -0.2) is 98.9 Å². The second-order valence-electron chi connectivity index (χ2n) is 14.5. The van der Waals surface area contributed by atoms with Gasteiger partial charge in [0.05, 0.1) is 13.2 Å². The van der Waals surface area contributed by atoms with E-state index in [0.717, 1.165) is 51.4 Å². The molecule has 0 spiro atoms. The summed E-state index contributed by atoms with van der Waals surface area (Å²) < 4.78 is 34.0. The largest absolute Gasteiger partial charge is 0.472 e. The Balaban J connectivity index is 2.45. The van der Waals surface area contributed by atoms with Crippen LogP contribution in [0.4, 0.5) is 0 Å². The van der Waals surface area contributed by atoms with E-state index in [1.54, 1.807) is 0 Å². The first-order valence-corrected chi connectivity index (χ1v) is 22.0. The minimum atomic E-state index is -5.00. The first kappa shape index (κ1) is 49.1. The molecule has 308 valence electrons. The van der Waals surface area contributed by atoms with Crippen molar-refractivity contribution in [3.8, 4) is 0 Å². The summed E-state index contributed by atoms with van der Waals surface area (Å²) in [7, 11) is -5.00. The number of aliphatic hydroxyl groups excluding tert-OH is 5. The SMILES string of the molecule is CCCCCC/C=C\CCCCCCCCOCC(COP(=O)(O)OC1C(O)C(O)C(O)C(O)C1O)OC(=O)CCCCCCCCCCCCC. The smallest absolute Gasteiger partial charge is 0.457 e. The minimum Gasteiger partial charge on any atom is -0.457 e. The zero-order valence-electron chi connectivity index (χ0n) is 32.4. The Kier molecular flexibility index (Phi) is 29.6. The molecule has 1 fully saturated rings. The lowest BCUT2D eigenvalue weighted by atomic mass is 9.85. The fraction of sp³-hybridized carbons (Fsp3) is 0.923. The summed E-state index contributed by atoms with van der Waals surface area (Å²) in [5.74, 6) is -0.480. The third kappa shape index (κ3) is 23.8. The highest BCUT2D eigenvalue weighted by Crippen LogP contribution is 2.47. The van der Waals surface area contributed by atoms with Gasteiger partial charge >= 0.3 is 13.8 Å². The van der Waals surface area contributed by atoms with Crippen LogP contribution >= 0.6 is 7.82 Å². The molecule has 0 heterocycles. The van der Waals surface area contributed by atoms with E-state index in [1.807, 2.05) is 0 Å². The minimum absolute atomic E-state index is 0.0763. The molecule has 0 aromatic rings. The first-order chi connectivity index (χ1) is 25.0. The fourth-order valence-electron chi connectivity index (χ4n) is 6.29. The molecular weight excluding hydrogens is 691 g/mol. The Bertz CT molecular complexity index is 921. The maximum absolute atomic E-state index is 12.7. The van der Waals surface area contributed by atoms with Gasteiger partial charge in [0.2, 0.25) is 0 Å². The van der Waals surface area contributed by atoms with E-state index in [4.69, 9.17) is 18.5 Å². The lowest BCUT2D eigenvalue weighted by molar-refractivity contribution is -0.220.